The summed E-state index contributed by atoms with van der Waals surface area (Å²) in [6.45, 7) is 1.68. The first-order valence-corrected chi connectivity index (χ1v) is 5.85. The number of rotatable bonds is 4. The average molecular weight is 244 g/mol. The molecule has 0 aromatic heterocycles. The molecule has 2 N–H and O–H groups in total. The van der Waals surface area contributed by atoms with Gasteiger partial charge in [-0.3, -0.25) is 0 Å². The van der Waals surface area contributed by atoms with E-state index < -0.39 is 6.10 Å². The molecule has 0 saturated heterocycles. The van der Waals surface area contributed by atoms with E-state index in [2.05, 4.69) is 0 Å². The lowest BCUT2D eigenvalue weighted by atomic mass is 10.1. The zero-order valence-electron chi connectivity index (χ0n) is 10.2. The minimum atomic E-state index is -0.581. The fraction of sp³-hybridized carbons (Fsp3) is 0.200. The Kier molecular flexibility index (Phi) is 3.97. The van der Waals surface area contributed by atoms with E-state index in [9.17, 15) is 5.11 Å². The third kappa shape index (κ3) is 2.88. The van der Waals surface area contributed by atoms with Crippen LogP contribution in [0, 0.1) is 0 Å². The van der Waals surface area contributed by atoms with Gasteiger partial charge in [-0.15, -0.1) is 0 Å². The summed E-state index contributed by atoms with van der Waals surface area (Å²) in [5, 5.41) is 18.7. The highest BCUT2D eigenvalue weighted by Gasteiger charge is 2.09. The van der Waals surface area contributed by atoms with E-state index in [4.69, 9.17) is 9.84 Å². The number of para-hydroxylation sites is 1. The van der Waals surface area contributed by atoms with Crippen molar-refractivity contribution >= 4 is 0 Å². The zero-order chi connectivity index (χ0) is 13.0. The third-order valence-electron chi connectivity index (χ3n) is 2.68. The topological polar surface area (TPSA) is 49.7 Å². The molecule has 0 aliphatic heterocycles. The largest absolute Gasteiger partial charge is 0.457 e. The lowest BCUT2D eigenvalue weighted by Gasteiger charge is -2.13. The molecule has 2 aromatic rings. The van der Waals surface area contributed by atoms with Crippen molar-refractivity contribution < 1.29 is 14.9 Å². The second kappa shape index (κ2) is 5.67. The van der Waals surface area contributed by atoms with Crippen LogP contribution in [0.25, 0.3) is 0 Å². The Hall–Kier alpha value is -1.84. The van der Waals surface area contributed by atoms with Gasteiger partial charge in [0.05, 0.1) is 12.7 Å². The van der Waals surface area contributed by atoms with E-state index in [0.717, 1.165) is 11.1 Å². The number of benzene rings is 2. The molecule has 0 bridgehead atoms. The van der Waals surface area contributed by atoms with Gasteiger partial charge < -0.3 is 14.9 Å². The van der Waals surface area contributed by atoms with E-state index in [1.165, 1.54) is 0 Å². The van der Waals surface area contributed by atoms with E-state index in [0.29, 0.717) is 11.5 Å². The second-order valence-electron chi connectivity index (χ2n) is 4.12. The van der Waals surface area contributed by atoms with Crippen molar-refractivity contribution in [1.29, 1.82) is 0 Å². The molecule has 0 heterocycles. The van der Waals surface area contributed by atoms with Crippen molar-refractivity contribution in [2.24, 2.45) is 0 Å². The Morgan fingerprint density at radius 1 is 1.11 bits per heavy atom. The van der Waals surface area contributed by atoms with Gasteiger partial charge in [-0.05, 0) is 30.7 Å². The van der Waals surface area contributed by atoms with Gasteiger partial charge >= 0.3 is 0 Å². The fourth-order valence-corrected chi connectivity index (χ4v) is 1.75. The van der Waals surface area contributed by atoms with Gasteiger partial charge in [0.15, 0.2) is 0 Å². The van der Waals surface area contributed by atoms with Gasteiger partial charge in [-0.1, -0.05) is 30.3 Å². The molecule has 18 heavy (non-hydrogen) atoms. The third-order valence-corrected chi connectivity index (χ3v) is 2.68. The van der Waals surface area contributed by atoms with Crippen LogP contribution in [0.5, 0.6) is 11.5 Å². The lowest BCUT2D eigenvalue weighted by molar-refractivity contribution is 0.195. The molecule has 0 amide bonds. The predicted octanol–water partition coefficient (Wildman–Crippen LogP) is 3.02. The van der Waals surface area contributed by atoms with Gasteiger partial charge in [0.25, 0.3) is 0 Å². The molecule has 0 saturated carbocycles. The standard InChI is InChI=1S/C15H16O3/c1-11(17)14-7-2-3-8-15(14)18-13-6-4-5-12(9-13)10-16/h2-9,11,16-17H,10H2,1H3/t11-/m0/s1. The normalized spacial score (nSPS) is 12.2. The van der Waals surface area contributed by atoms with Crippen molar-refractivity contribution in [1.82, 2.24) is 0 Å². The van der Waals surface area contributed by atoms with Crippen molar-refractivity contribution in [3.63, 3.8) is 0 Å². The Morgan fingerprint density at radius 2 is 1.89 bits per heavy atom. The molecule has 0 spiro atoms. The van der Waals surface area contributed by atoms with E-state index in [1.807, 2.05) is 42.5 Å². The maximum atomic E-state index is 9.66. The summed E-state index contributed by atoms with van der Waals surface area (Å²) in [4.78, 5) is 0. The monoisotopic (exact) mass is 244 g/mol. The van der Waals surface area contributed by atoms with Crippen molar-refractivity contribution in [3.8, 4) is 11.5 Å². The van der Waals surface area contributed by atoms with Crippen LogP contribution in [0.4, 0.5) is 0 Å². The summed E-state index contributed by atoms with van der Waals surface area (Å²) in [6, 6.07) is 14.6. The van der Waals surface area contributed by atoms with Gasteiger partial charge in [-0.2, -0.15) is 0 Å². The number of hydrogen-bond acceptors (Lipinski definition) is 3. The van der Waals surface area contributed by atoms with Crippen molar-refractivity contribution in [2.75, 3.05) is 0 Å². The molecule has 0 fully saturated rings. The Morgan fingerprint density at radius 3 is 2.61 bits per heavy atom. The molecule has 94 valence electrons. The fourth-order valence-electron chi connectivity index (χ4n) is 1.75. The van der Waals surface area contributed by atoms with Crippen LogP contribution in [0.3, 0.4) is 0 Å². The first kappa shape index (κ1) is 12.6. The number of ether oxygens (including phenoxy) is 1. The van der Waals surface area contributed by atoms with Crippen LogP contribution < -0.4 is 4.74 Å². The number of hydrogen-bond donors (Lipinski definition) is 2. The summed E-state index contributed by atoms with van der Waals surface area (Å²) in [6.07, 6.45) is -0.581. The molecule has 0 unspecified atom stereocenters. The number of aliphatic hydroxyl groups excluding tert-OH is 2. The Labute approximate surface area is 106 Å². The number of aliphatic hydroxyl groups is 2. The maximum Gasteiger partial charge on any atom is 0.133 e. The molecule has 0 radical (unpaired) electrons. The van der Waals surface area contributed by atoms with Gasteiger partial charge in [0, 0.05) is 5.56 Å². The molecule has 2 rings (SSSR count). The molecule has 0 aliphatic rings. The zero-order valence-corrected chi connectivity index (χ0v) is 10.2. The summed E-state index contributed by atoms with van der Waals surface area (Å²) in [7, 11) is 0. The van der Waals surface area contributed by atoms with Crippen molar-refractivity contribution in [3.05, 3.63) is 59.7 Å². The first-order valence-electron chi connectivity index (χ1n) is 5.85. The average Bonchev–Trinajstić information content (AvgIpc) is 2.39. The second-order valence-corrected chi connectivity index (χ2v) is 4.12. The summed E-state index contributed by atoms with van der Waals surface area (Å²) >= 11 is 0. The maximum absolute atomic E-state index is 9.66. The highest BCUT2D eigenvalue weighted by atomic mass is 16.5. The smallest absolute Gasteiger partial charge is 0.133 e. The quantitative estimate of drug-likeness (QED) is 0.869. The summed E-state index contributed by atoms with van der Waals surface area (Å²) in [5.41, 5.74) is 1.54. The molecule has 1 atom stereocenters. The highest BCUT2D eigenvalue weighted by molar-refractivity contribution is 5.39. The molecular formula is C15H16O3. The van der Waals surface area contributed by atoms with Crippen LogP contribution in [-0.2, 0) is 6.61 Å². The van der Waals surface area contributed by atoms with E-state index in [-0.39, 0.29) is 6.61 Å². The van der Waals surface area contributed by atoms with Crippen LogP contribution >= 0.6 is 0 Å². The molecule has 3 heteroatoms. The summed E-state index contributed by atoms with van der Waals surface area (Å²) < 4.78 is 5.74. The predicted molar refractivity (Wildman–Crippen MR) is 69.5 cm³/mol. The van der Waals surface area contributed by atoms with Crippen LogP contribution in [-0.4, -0.2) is 10.2 Å². The van der Waals surface area contributed by atoms with Crippen LogP contribution in [0.15, 0.2) is 48.5 Å². The van der Waals surface area contributed by atoms with Gasteiger partial charge in [0.2, 0.25) is 0 Å². The Balaban J connectivity index is 2.28. The van der Waals surface area contributed by atoms with Crippen LogP contribution in [0.2, 0.25) is 0 Å². The van der Waals surface area contributed by atoms with Crippen molar-refractivity contribution in [2.45, 2.75) is 19.6 Å². The van der Waals surface area contributed by atoms with Gasteiger partial charge in [0.1, 0.15) is 11.5 Å². The van der Waals surface area contributed by atoms with Crippen LogP contribution in [0.1, 0.15) is 24.2 Å². The molecular weight excluding hydrogens is 228 g/mol. The molecule has 3 nitrogen and oxygen atoms in total. The van der Waals surface area contributed by atoms with Gasteiger partial charge in [-0.25, -0.2) is 0 Å². The Bertz CT molecular complexity index is 521. The minimum absolute atomic E-state index is 0.0186. The molecule has 2 aromatic carbocycles. The first-order chi connectivity index (χ1) is 8.70. The summed E-state index contributed by atoms with van der Waals surface area (Å²) in [5.74, 6) is 1.28. The lowest BCUT2D eigenvalue weighted by Crippen LogP contribution is -1.96. The SMILES string of the molecule is C[C@H](O)c1ccccc1Oc1cccc(CO)c1. The van der Waals surface area contributed by atoms with E-state index in [1.54, 1.807) is 13.0 Å². The minimum Gasteiger partial charge on any atom is -0.457 e. The molecule has 0 aliphatic carbocycles. The van der Waals surface area contributed by atoms with E-state index >= 15 is 0 Å². The highest BCUT2D eigenvalue weighted by Crippen LogP contribution is 2.29.